The number of phenols is 1. The molecule has 3 atom stereocenters. The van der Waals surface area contributed by atoms with Gasteiger partial charge in [-0.2, -0.15) is 13.2 Å². The first-order valence-corrected chi connectivity index (χ1v) is 19.7. The summed E-state index contributed by atoms with van der Waals surface area (Å²) in [5.74, 6) is 0.0219. The fraction of sp³-hybridized carbons (Fsp3) is 0.556. The Morgan fingerprint density at radius 2 is 1.56 bits per heavy atom. The molecule has 1 aliphatic carbocycles. The molecule has 1 N–H and O–H groups in total. The highest BCUT2D eigenvalue weighted by atomic mass is 19.4. The molecule has 3 aromatic carbocycles. The van der Waals surface area contributed by atoms with Gasteiger partial charge in [0.05, 0.1) is 11.8 Å². The highest BCUT2D eigenvalue weighted by molar-refractivity contribution is 5.76. The second-order valence-corrected chi connectivity index (χ2v) is 15.8. The van der Waals surface area contributed by atoms with E-state index in [2.05, 4.69) is 26.8 Å². The summed E-state index contributed by atoms with van der Waals surface area (Å²) in [6.07, 6.45) is 2.94. The topological polar surface area (TPSA) is 82.1 Å². The summed E-state index contributed by atoms with van der Waals surface area (Å²) in [6, 6.07) is 22.2. The summed E-state index contributed by atoms with van der Waals surface area (Å²) in [5.41, 5.74) is 3.42. The van der Waals surface area contributed by atoms with Gasteiger partial charge in [-0.05, 0) is 130 Å². The molecule has 54 heavy (non-hydrogen) atoms. The maximum atomic E-state index is 13.8. The van der Waals surface area contributed by atoms with Gasteiger partial charge in [-0.25, -0.2) is 0 Å². The number of carbonyl (C=O) groups excluding carboxylic acids is 2. The molecule has 0 aliphatic heterocycles. The number of halogens is 3. The maximum Gasteiger partial charge on any atom is 0.411 e. The highest BCUT2D eigenvalue weighted by Crippen LogP contribution is 2.41. The lowest BCUT2D eigenvalue weighted by molar-refractivity contribution is -0.227. The van der Waals surface area contributed by atoms with Gasteiger partial charge in [0.1, 0.15) is 18.0 Å². The first kappa shape index (κ1) is 42.9. The SMILES string of the molecule is CCC(C)c1ccc(CC(=O)OC(Cc2ccccc2)OCC(F)(F)F)c(CCC2(OC(=O)C(C)(C)CCCC(CC)c3ccc(O)cc3)CCCC2)c1. The van der Waals surface area contributed by atoms with Crippen molar-refractivity contribution in [3.8, 4) is 5.75 Å². The van der Waals surface area contributed by atoms with E-state index in [1.807, 2.05) is 38.1 Å². The second kappa shape index (κ2) is 19.7. The van der Waals surface area contributed by atoms with E-state index in [1.165, 1.54) is 5.56 Å². The molecule has 296 valence electrons. The molecule has 4 rings (SSSR count). The zero-order valence-electron chi connectivity index (χ0n) is 32.7. The van der Waals surface area contributed by atoms with Crippen molar-refractivity contribution < 1.29 is 42.1 Å². The number of ether oxygens (including phenoxy) is 3. The fourth-order valence-corrected chi connectivity index (χ4v) is 7.43. The van der Waals surface area contributed by atoms with Crippen molar-refractivity contribution in [3.05, 3.63) is 101 Å². The standard InChI is InChI=1S/C45H59F3O6/c1-6-32(3)36-17-18-37(30-40(50)53-41(52-31-45(46,47)48)28-33-14-9-8-10-15-33)38(29-36)23-27-44(25-11-12-26-44)54-42(51)43(4,5)24-13-16-34(7-2)35-19-21-39(49)22-20-35/h8-10,14-15,17-22,29,32,34,41,49H,6-7,11-13,16,23-28,30-31H2,1-5H3. The largest absolute Gasteiger partial charge is 0.508 e. The normalized spacial score (nSPS) is 16.1. The van der Waals surface area contributed by atoms with E-state index in [0.29, 0.717) is 30.7 Å². The highest BCUT2D eigenvalue weighted by Gasteiger charge is 2.41. The Hall–Kier alpha value is -3.85. The van der Waals surface area contributed by atoms with Crippen LogP contribution in [0.5, 0.6) is 5.75 Å². The Morgan fingerprint density at radius 3 is 2.19 bits per heavy atom. The van der Waals surface area contributed by atoms with E-state index in [0.717, 1.165) is 68.1 Å². The molecular weight excluding hydrogens is 693 g/mol. The lowest BCUT2D eigenvalue weighted by Crippen LogP contribution is -2.38. The lowest BCUT2D eigenvalue weighted by Gasteiger charge is -2.34. The lowest BCUT2D eigenvalue weighted by atomic mass is 9.83. The van der Waals surface area contributed by atoms with Gasteiger partial charge in [0.2, 0.25) is 6.29 Å². The van der Waals surface area contributed by atoms with Crippen molar-refractivity contribution in [1.29, 1.82) is 0 Å². The molecule has 0 heterocycles. The van der Waals surface area contributed by atoms with Crippen molar-refractivity contribution in [2.45, 2.75) is 148 Å². The molecule has 6 nitrogen and oxygen atoms in total. The summed E-state index contributed by atoms with van der Waals surface area (Å²) < 4.78 is 56.3. The molecule has 9 heteroatoms. The van der Waals surface area contributed by atoms with Crippen LogP contribution in [0.2, 0.25) is 0 Å². The number of benzene rings is 3. The number of aromatic hydroxyl groups is 1. The van der Waals surface area contributed by atoms with Crippen molar-refractivity contribution in [2.24, 2.45) is 5.41 Å². The first-order valence-electron chi connectivity index (χ1n) is 19.7. The monoisotopic (exact) mass is 752 g/mol. The van der Waals surface area contributed by atoms with Crippen molar-refractivity contribution in [2.75, 3.05) is 6.61 Å². The molecule has 0 radical (unpaired) electrons. The third kappa shape index (κ3) is 13.2. The third-order valence-corrected chi connectivity index (χ3v) is 11.1. The van der Waals surface area contributed by atoms with E-state index in [9.17, 15) is 27.9 Å². The predicted molar refractivity (Wildman–Crippen MR) is 205 cm³/mol. The Morgan fingerprint density at radius 1 is 0.889 bits per heavy atom. The Bertz CT molecular complexity index is 1610. The van der Waals surface area contributed by atoms with E-state index < -0.39 is 36.1 Å². The number of aryl methyl sites for hydroxylation is 1. The minimum atomic E-state index is -4.57. The molecule has 1 saturated carbocycles. The van der Waals surface area contributed by atoms with Crippen LogP contribution in [-0.4, -0.2) is 41.7 Å². The molecule has 3 unspecified atom stereocenters. The minimum Gasteiger partial charge on any atom is -0.508 e. The molecule has 1 aliphatic rings. The molecule has 1 fully saturated rings. The molecular formula is C45H59F3O6. The summed E-state index contributed by atoms with van der Waals surface area (Å²) in [5, 5.41) is 9.69. The van der Waals surface area contributed by atoms with Gasteiger partial charge >= 0.3 is 18.1 Å². The average molecular weight is 753 g/mol. The zero-order chi connectivity index (χ0) is 39.4. The maximum absolute atomic E-state index is 13.8. The van der Waals surface area contributed by atoms with Crippen LogP contribution in [0.25, 0.3) is 0 Å². The van der Waals surface area contributed by atoms with Crippen LogP contribution < -0.4 is 0 Å². The smallest absolute Gasteiger partial charge is 0.411 e. The van der Waals surface area contributed by atoms with E-state index in [-0.39, 0.29) is 30.5 Å². The summed E-state index contributed by atoms with van der Waals surface area (Å²) in [7, 11) is 0. The summed E-state index contributed by atoms with van der Waals surface area (Å²) in [6.45, 7) is 8.82. The third-order valence-electron chi connectivity index (χ3n) is 11.1. The van der Waals surface area contributed by atoms with E-state index in [4.69, 9.17) is 14.2 Å². The number of esters is 2. The van der Waals surface area contributed by atoms with Crippen LogP contribution in [0, 0.1) is 5.41 Å². The fourth-order valence-electron chi connectivity index (χ4n) is 7.43. The number of phenolic OH excluding ortho intramolecular Hbond substituents is 1. The van der Waals surface area contributed by atoms with Crippen LogP contribution in [0.1, 0.15) is 138 Å². The molecule has 0 bridgehead atoms. The quantitative estimate of drug-likeness (QED) is 0.0914. The van der Waals surface area contributed by atoms with Gasteiger partial charge < -0.3 is 19.3 Å². The predicted octanol–water partition coefficient (Wildman–Crippen LogP) is 11.3. The zero-order valence-corrected chi connectivity index (χ0v) is 32.7. The molecule has 0 amide bonds. The average Bonchev–Trinajstić information content (AvgIpc) is 3.60. The first-order chi connectivity index (χ1) is 25.6. The van der Waals surface area contributed by atoms with Crippen LogP contribution >= 0.6 is 0 Å². The van der Waals surface area contributed by atoms with Crippen molar-refractivity contribution in [1.82, 2.24) is 0 Å². The van der Waals surface area contributed by atoms with Gasteiger partial charge in [0.15, 0.2) is 0 Å². The van der Waals surface area contributed by atoms with Gasteiger partial charge in [0.25, 0.3) is 0 Å². The number of hydrogen-bond donors (Lipinski definition) is 1. The van der Waals surface area contributed by atoms with Crippen LogP contribution in [0.3, 0.4) is 0 Å². The molecule has 0 spiro atoms. The van der Waals surface area contributed by atoms with E-state index in [1.54, 1.807) is 42.5 Å². The molecule has 0 saturated heterocycles. The van der Waals surface area contributed by atoms with Gasteiger partial charge in [-0.15, -0.1) is 0 Å². The van der Waals surface area contributed by atoms with Crippen LogP contribution in [0.4, 0.5) is 13.2 Å². The number of alkyl halides is 3. The van der Waals surface area contributed by atoms with Gasteiger partial charge in [-0.1, -0.05) is 87.9 Å². The van der Waals surface area contributed by atoms with Crippen LogP contribution in [0.15, 0.2) is 72.8 Å². The number of rotatable bonds is 20. The number of carbonyl (C=O) groups is 2. The van der Waals surface area contributed by atoms with Crippen molar-refractivity contribution >= 4 is 11.9 Å². The molecule has 3 aromatic rings. The Balaban J connectivity index is 1.44. The summed E-state index contributed by atoms with van der Waals surface area (Å²) >= 11 is 0. The van der Waals surface area contributed by atoms with E-state index >= 15 is 0 Å². The Kier molecular flexibility index (Phi) is 15.6. The van der Waals surface area contributed by atoms with Crippen molar-refractivity contribution in [3.63, 3.8) is 0 Å². The van der Waals surface area contributed by atoms with Gasteiger partial charge in [-0.3, -0.25) is 9.59 Å². The number of hydrogen-bond acceptors (Lipinski definition) is 6. The second-order valence-electron chi connectivity index (χ2n) is 15.8. The van der Waals surface area contributed by atoms with Gasteiger partial charge in [0, 0.05) is 6.42 Å². The minimum absolute atomic E-state index is 0.00962. The summed E-state index contributed by atoms with van der Waals surface area (Å²) in [4.78, 5) is 27.2. The molecule has 0 aromatic heterocycles. The Labute approximate surface area is 319 Å². The van der Waals surface area contributed by atoms with Crippen LogP contribution in [-0.2, 0) is 43.1 Å².